The van der Waals surface area contributed by atoms with E-state index in [1.165, 1.54) is 19.2 Å². The SMILES string of the molecule is COc1ccccc1C=C1SC(=S)N(CC(=O)Nc2ccc(O)cc2C(=O)O)C1=O. The summed E-state index contributed by atoms with van der Waals surface area (Å²) in [6.45, 7) is -0.381. The summed E-state index contributed by atoms with van der Waals surface area (Å²) in [6, 6.07) is 10.7. The fourth-order valence-corrected chi connectivity index (χ4v) is 3.96. The van der Waals surface area contributed by atoms with E-state index in [4.69, 9.17) is 17.0 Å². The van der Waals surface area contributed by atoms with Crippen LogP contribution < -0.4 is 10.1 Å². The maximum absolute atomic E-state index is 12.7. The number of phenolic OH excluding ortho intramolecular Hbond substituents is 1. The quantitative estimate of drug-likeness (QED) is 0.354. The smallest absolute Gasteiger partial charge is 0.337 e. The largest absolute Gasteiger partial charge is 0.508 e. The van der Waals surface area contributed by atoms with Crippen LogP contribution in [0.15, 0.2) is 47.4 Å². The van der Waals surface area contributed by atoms with Crippen molar-refractivity contribution in [1.82, 2.24) is 4.90 Å². The number of carboxylic acid groups (broad SMARTS) is 1. The Labute approximate surface area is 181 Å². The van der Waals surface area contributed by atoms with Gasteiger partial charge in [-0.3, -0.25) is 14.5 Å². The lowest BCUT2D eigenvalue weighted by Crippen LogP contribution is -2.36. The summed E-state index contributed by atoms with van der Waals surface area (Å²) in [4.78, 5) is 37.9. The fraction of sp³-hybridized carbons (Fsp3) is 0.100. The van der Waals surface area contributed by atoms with Gasteiger partial charge in [0.15, 0.2) is 0 Å². The third kappa shape index (κ3) is 4.61. The Kier molecular flexibility index (Phi) is 6.38. The number of hydrogen-bond acceptors (Lipinski definition) is 7. The lowest BCUT2D eigenvalue weighted by Gasteiger charge is -2.15. The predicted octanol–water partition coefficient (Wildman–Crippen LogP) is 2.94. The first kappa shape index (κ1) is 21.3. The van der Waals surface area contributed by atoms with Gasteiger partial charge in [-0.2, -0.15) is 0 Å². The Balaban J connectivity index is 1.75. The third-order valence-corrected chi connectivity index (χ3v) is 5.49. The molecule has 0 spiro atoms. The van der Waals surface area contributed by atoms with Gasteiger partial charge in [-0.25, -0.2) is 4.79 Å². The van der Waals surface area contributed by atoms with E-state index in [1.807, 2.05) is 0 Å². The highest BCUT2D eigenvalue weighted by Gasteiger charge is 2.33. The van der Waals surface area contributed by atoms with Gasteiger partial charge in [0.2, 0.25) is 5.91 Å². The Morgan fingerprint density at radius 2 is 2.00 bits per heavy atom. The van der Waals surface area contributed by atoms with Gasteiger partial charge < -0.3 is 20.3 Å². The fourth-order valence-electron chi connectivity index (χ4n) is 2.71. The number of amides is 2. The number of thiocarbonyl (C=S) groups is 1. The summed E-state index contributed by atoms with van der Waals surface area (Å²) in [5.41, 5.74) is 0.422. The highest BCUT2D eigenvalue weighted by atomic mass is 32.2. The third-order valence-electron chi connectivity index (χ3n) is 4.11. The molecule has 154 valence electrons. The standard InChI is InChI=1S/C20H16N2O6S2/c1-28-15-5-3-2-4-11(15)8-16-18(25)22(20(29)30-16)10-17(24)21-14-7-6-12(23)9-13(14)19(26)27/h2-9,23H,10H2,1H3,(H,21,24)(H,26,27). The average Bonchev–Trinajstić information content (AvgIpc) is 2.97. The number of phenols is 1. The Hall–Kier alpha value is -3.37. The monoisotopic (exact) mass is 444 g/mol. The van der Waals surface area contributed by atoms with Crippen LogP contribution in [-0.2, 0) is 9.59 Å². The number of thioether (sulfide) groups is 1. The van der Waals surface area contributed by atoms with Gasteiger partial charge in [0.25, 0.3) is 5.91 Å². The molecule has 0 saturated carbocycles. The van der Waals surface area contributed by atoms with Crippen LogP contribution in [-0.4, -0.2) is 50.9 Å². The van der Waals surface area contributed by atoms with Crippen molar-refractivity contribution in [2.75, 3.05) is 19.0 Å². The van der Waals surface area contributed by atoms with Crippen LogP contribution in [0.3, 0.4) is 0 Å². The zero-order chi connectivity index (χ0) is 21.8. The summed E-state index contributed by atoms with van der Waals surface area (Å²) >= 11 is 6.29. The molecule has 2 aromatic rings. The number of nitrogens with one attached hydrogen (secondary N) is 1. The number of hydrogen-bond donors (Lipinski definition) is 3. The summed E-state index contributed by atoms with van der Waals surface area (Å²) in [7, 11) is 1.52. The topological polar surface area (TPSA) is 116 Å². The van der Waals surface area contributed by atoms with Crippen molar-refractivity contribution in [2.24, 2.45) is 0 Å². The highest BCUT2D eigenvalue weighted by Crippen LogP contribution is 2.34. The van der Waals surface area contributed by atoms with Crippen molar-refractivity contribution < 1.29 is 29.3 Å². The summed E-state index contributed by atoms with van der Waals surface area (Å²) in [5.74, 6) is -2.03. The van der Waals surface area contributed by atoms with Gasteiger partial charge in [0.1, 0.15) is 22.4 Å². The second-order valence-electron chi connectivity index (χ2n) is 6.09. The minimum atomic E-state index is -1.31. The number of rotatable bonds is 6. The summed E-state index contributed by atoms with van der Waals surface area (Å²) in [6.07, 6.45) is 1.64. The number of carboxylic acids is 1. The summed E-state index contributed by atoms with van der Waals surface area (Å²) < 4.78 is 5.48. The molecule has 8 nitrogen and oxygen atoms in total. The Bertz CT molecular complexity index is 1080. The molecule has 30 heavy (non-hydrogen) atoms. The number of benzene rings is 2. The maximum Gasteiger partial charge on any atom is 0.337 e. The van der Waals surface area contributed by atoms with E-state index in [1.54, 1.807) is 30.3 Å². The van der Waals surface area contributed by atoms with Crippen LogP contribution in [0.5, 0.6) is 11.5 Å². The summed E-state index contributed by atoms with van der Waals surface area (Å²) in [5, 5.41) is 21.1. The minimum Gasteiger partial charge on any atom is -0.508 e. The first-order valence-corrected chi connectivity index (χ1v) is 9.77. The second kappa shape index (κ2) is 8.97. The number of para-hydroxylation sites is 1. The van der Waals surface area contributed by atoms with Crippen molar-refractivity contribution in [3.8, 4) is 11.5 Å². The number of aromatic hydroxyl groups is 1. The normalized spacial score (nSPS) is 14.8. The van der Waals surface area contributed by atoms with Crippen LogP contribution in [0.1, 0.15) is 15.9 Å². The number of carbonyl (C=O) groups is 3. The van der Waals surface area contributed by atoms with Crippen molar-refractivity contribution in [1.29, 1.82) is 0 Å². The van der Waals surface area contributed by atoms with Crippen LogP contribution in [0.25, 0.3) is 6.08 Å². The van der Waals surface area contributed by atoms with Crippen LogP contribution in [0, 0.1) is 0 Å². The van der Waals surface area contributed by atoms with Crippen molar-refractivity contribution in [2.45, 2.75) is 0 Å². The lowest BCUT2D eigenvalue weighted by molar-refractivity contribution is -0.126. The maximum atomic E-state index is 12.7. The number of ether oxygens (including phenoxy) is 1. The van der Waals surface area contributed by atoms with Gasteiger partial charge in [-0.05, 0) is 30.3 Å². The highest BCUT2D eigenvalue weighted by molar-refractivity contribution is 8.26. The molecule has 10 heteroatoms. The van der Waals surface area contributed by atoms with Gasteiger partial charge in [0, 0.05) is 5.56 Å². The molecule has 1 saturated heterocycles. The lowest BCUT2D eigenvalue weighted by atomic mass is 10.1. The molecule has 2 amide bonds. The van der Waals surface area contributed by atoms with Crippen molar-refractivity contribution in [3.63, 3.8) is 0 Å². The first-order valence-electron chi connectivity index (χ1n) is 8.54. The van der Waals surface area contributed by atoms with E-state index in [0.29, 0.717) is 16.2 Å². The zero-order valence-corrected chi connectivity index (χ0v) is 17.3. The van der Waals surface area contributed by atoms with E-state index in [-0.39, 0.29) is 27.9 Å². The van der Waals surface area contributed by atoms with E-state index < -0.39 is 17.8 Å². The molecular formula is C20H16N2O6S2. The number of anilines is 1. The molecule has 1 fully saturated rings. The molecule has 0 aliphatic carbocycles. The van der Waals surface area contributed by atoms with E-state index >= 15 is 0 Å². The molecule has 0 radical (unpaired) electrons. The van der Waals surface area contributed by atoms with Crippen molar-refractivity contribution >= 4 is 57.8 Å². The molecule has 2 aromatic carbocycles. The van der Waals surface area contributed by atoms with E-state index in [2.05, 4.69) is 5.32 Å². The number of carbonyl (C=O) groups excluding carboxylic acids is 2. The van der Waals surface area contributed by atoms with E-state index in [9.17, 15) is 24.6 Å². The molecule has 0 aromatic heterocycles. The molecule has 0 bridgehead atoms. The zero-order valence-electron chi connectivity index (χ0n) is 15.6. The average molecular weight is 444 g/mol. The number of nitrogens with zero attached hydrogens (tertiary/aromatic N) is 1. The predicted molar refractivity (Wildman–Crippen MR) is 117 cm³/mol. The van der Waals surface area contributed by atoms with Gasteiger partial charge in [-0.1, -0.05) is 42.2 Å². The van der Waals surface area contributed by atoms with Gasteiger partial charge >= 0.3 is 5.97 Å². The Morgan fingerprint density at radius 3 is 2.70 bits per heavy atom. The molecule has 3 N–H and O–H groups in total. The number of methoxy groups -OCH3 is 1. The molecule has 1 aliphatic heterocycles. The molecular weight excluding hydrogens is 428 g/mol. The van der Waals surface area contributed by atoms with Crippen LogP contribution in [0.4, 0.5) is 5.69 Å². The van der Waals surface area contributed by atoms with E-state index in [0.717, 1.165) is 22.7 Å². The van der Waals surface area contributed by atoms with Gasteiger partial charge in [0.05, 0.1) is 23.3 Å². The van der Waals surface area contributed by atoms with Crippen LogP contribution in [0.2, 0.25) is 0 Å². The molecule has 1 heterocycles. The van der Waals surface area contributed by atoms with Crippen molar-refractivity contribution in [3.05, 3.63) is 58.5 Å². The Morgan fingerprint density at radius 1 is 1.27 bits per heavy atom. The number of aromatic carboxylic acids is 1. The molecule has 0 unspecified atom stereocenters. The van der Waals surface area contributed by atoms with Crippen LogP contribution >= 0.6 is 24.0 Å². The molecule has 0 atom stereocenters. The minimum absolute atomic E-state index is 0.000282. The molecule has 3 rings (SSSR count). The molecule has 1 aliphatic rings. The first-order chi connectivity index (χ1) is 14.3. The van der Waals surface area contributed by atoms with Gasteiger partial charge in [-0.15, -0.1) is 0 Å². The second-order valence-corrected chi connectivity index (χ2v) is 7.77.